The third-order valence-corrected chi connectivity index (χ3v) is 2.30. The number of hydrogen-bond acceptors (Lipinski definition) is 4. The summed E-state index contributed by atoms with van der Waals surface area (Å²) in [6.45, 7) is 3.23. The molecule has 0 heterocycles. The van der Waals surface area contributed by atoms with Crippen LogP contribution in [-0.4, -0.2) is 24.7 Å². The van der Waals surface area contributed by atoms with Gasteiger partial charge in [-0.25, -0.2) is 9.79 Å². The van der Waals surface area contributed by atoms with Crippen molar-refractivity contribution in [3.63, 3.8) is 0 Å². The number of carbonyl (C=O) groups excluding carboxylic acids is 1. The van der Waals surface area contributed by atoms with Gasteiger partial charge in [0, 0.05) is 0 Å². The Morgan fingerprint density at radius 1 is 1.23 bits per heavy atom. The van der Waals surface area contributed by atoms with Crippen LogP contribution >= 0.6 is 0 Å². The Bertz CT molecular complexity index is 551. The van der Waals surface area contributed by atoms with Gasteiger partial charge in [-0.1, -0.05) is 25.1 Å². The third kappa shape index (κ3) is 5.59. The molecule has 4 nitrogen and oxygen atoms in total. The Kier molecular flexibility index (Phi) is 6.62. The summed E-state index contributed by atoms with van der Waals surface area (Å²) in [7, 11) is 0. The van der Waals surface area contributed by atoms with Crippen LogP contribution in [0.3, 0.4) is 0 Å². The molecule has 0 radical (unpaired) electrons. The van der Waals surface area contributed by atoms with Crippen LogP contribution in [-0.2, 0) is 14.3 Å². The fourth-order valence-electron chi connectivity index (χ4n) is 1.42. The average Bonchev–Trinajstić information content (AvgIpc) is 2.46. The SMILES string of the molecule is CC/C=C(\OC(=Nc1ccccc1)C(F)(F)F)C(=O)OCC. The molecule has 0 aliphatic rings. The monoisotopic (exact) mass is 315 g/mol. The van der Waals surface area contributed by atoms with Gasteiger partial charge in [0.05, 0.1) is 12.3 Å². The van der Waals surface area contributed by atoms with Gasteiger partial charge in [-0.15, -0.1) is 0 Å². The van der Waals surface area contributed by atoms with E-state index in [9.17, 15) is 18.0 Å². The molecule has 0 amide bonds. The quantitative estimate of drug-likeness (QED) is 0.270. The number of halogens is 3. The Hall–Kier alpha value is -2.31. The largest absolute Gasteiger partial charge is 0.468 e. The molecule has 0 N–H and O–H groups in total. The molecule has 0 saturated carbocycles. The lowest BCUT2D eigenvalue weighted by atomic mass is 10.3. The molecule has 22 heavy (non-hydrogen) atoms. The predicted octanol–water partition coefficient (Wildman–Crippen LogP) is 4.15. The number of ether oxygens (including phenoxy) is 2. The summed E-state index contributed by atoms with van der Waals surface area (Å²) in [5, 5.41) is 0. The van der Waals surface area contributed by atoms with E-state index in [1.165, 1.54) is 18.2 Å². The van der Waals surface area contributed by atoms with Crippen LogP contribution in [0.25, 0.3) is 0 Å². The van der Waals surface area contributed by atoms with Gasteiger partial charge in [-0.2, -0.15) is 13.2 Å². The topological polar surface area (TPSA) is 47.9 Å². The molecular formula is C15H16F3NO3. The third-order valence-electron chi connectivity index (χ3n) is 2.30. The number of alkyl halides is 3. The first kappa shape index (κ1) is 17.7. The highest BCUT2D eigenvalue weighted by Crippen LogP contribution is 2.24. The number of rotatable bonds is 5. The predicted molar refractivity (Wildman–Crippen MR) is 75.7 cm³/mol. The maximum absolute atomic E-state index is 13.0. The smallest absolute Gasteiger partial charge is 0.460 e. The van der Waals surface area contributed by atoms with E-state index in [1.807, 2.05) is 0 Å². The summed E-state index contributed by atoms with van der Waals surface area (Å²) in [4.78, 5) is 15.0. The van der Waals surface area contributed by atoms with E-state index >= 15 is 0 Å². The van der Waals surface area contributed by atoms with Crippen molar-refractivity contribution in [1.29, 1.82) is 0 Å². The van der Waals surface area contributed by atoms with Gasteiger partial charge in [0.2, 0.25) is 5.76 Å². The number of hydrogen-bond donors (Lipinski definition) is 0. The van der Waals surface area contributed by atoms with Gasteiger partial charge < -0.3 is 9.47 Å². The molecule has 1 aromatic carbocycles. The number of allylic oxidation sites excluding steroid dienone is 1. The van der Waals surface area contributed by atoms with Crippen LogP contribution in [0.2, 0.25) is 0 Å². The fraction of sp³-hybridized carbons (Fsp3) is 0.333. The van der Waals surface area contributed by atoms with Gasteiger partial charge in [-0.3, -0.25) is 0 Å². The molecule has 1 rings (SSSR count). The van der Waals surface area contributed by atoms with Crippen molar-refractivity contribution in [1.82, 2.24) is 0 Å². The lowest BCUT2D eigenvalue weighted by molar-refractivity contribution is -0.142. The van der Waals surface area contributed by atoms with Crippen LogP contribution in [0.5, 0.6) is 0 Å². The number of aliphatic imine (C=N–C) groups is 1. The van der Waals surface area contributed by atoms with Gasteiger partial charge in [0.15, 0.2) is 0 Å². The fourth-order valence-corrected chi connectivity index (χ4v) is 1.42. The standard InChI is InChI=1S/C15H16F3NO3/c1-3-8-12(13(20)21-4-2)22-14(15(16,17)18)19-11-9-6-5-7-10-11/h5-10H,3-4H2,1-2H3/b12-8-,19-14?. The molecular weight excluding hydrogens is 299 g/mol. The van der Waals surface area contributed by atoms with Crippen LogP contribution in [0.4, 0.5) is 18.9 Å². The molecule has 0 aliphatic heterocycles. The maximum Gasteiger partial charge on any atom is 0.468 e. The van der Waals surface area contributed by atoms with Gasteiger partial charge in [0.25, 0.3) is 0 Å². The first-order valence-corrected chi connectivity index (χ1v) is 6.64. The zero-order chi connectivity index (χ0) is 16.6. The second kappa shape index (κ2) is 8.21. The molecule has 0 saturated heterocycles. The molecule has 0 fully saturated rings. The lowest BCUT2D eigenvalue weighted by Gasteiger charge is -2.13. The van der Waals surface area contributed by atoms with Crippen molar-refractivity contribution in [2.24, 2.45) is 4.99 Å². The molecule has 1 aromatic rings. The average molecular weight is 315 g/mol. The van der Waals surface area contributed by atoms with E-state index in [-0.39, 0.29) is 12.3 Å². The number of benzene rings is 1. The summed E-state index contributed by atoms with van der Waals surface area (Å²) >= 11 is 0. The number of nitrogens with zero attached hydrogens (tertiary/aromatic N) is 1. The Labute approximate surface area is 126 Å². The molecule has 7 heteroatoms. The zero-order valence-electron chi connectivity index (χ0n) is 12.2. The minimum atomic E-state index is -4.84. The van der Waals surface area contributed by atoms with Crippen LogP contribution in [0.15, 0.2) is 47.2 Å². The summed E-state index contributed by atoms with van der Waals surface area (Å²) in [6, 6.07) is 7.52. The zero-order valence-corrected chi connectivity index (χ0v) is 12.2. The van der Waals surface area contributed by atoms with E-state index in [1.54, 1.807) is 32.0 Å². The molecule has 0 spiro atoms. The number of esters is 1. The Morgan fingerprint density at radius 2 is 1.86 bits per heavy atom. The second-order valence-corrected chi connectivity index (χ2v) is 4.05. The second-order valence-electron chi connectivity index (χ2n) is 4.05. The normalized spacial score (nSPS) is 13.0. The highest BCUT2D eigenvalue weighted by molar-refractivity contribution is 5.93. The van der Waals surface area contributed by atoms with Gasteiger partial charge in [0.1, 0.15) is 0 Å². The molecule has 0 bridgehead atoms. The Morgan fingerprint density at radius 3 is 2.36 bits per heavy atom. The molecule has 0 aliphatic carbocycles. The first-order chi connectivity index (χ1) is 10.4. The van der Waals surface area contributed by atoms with Crippen molar-refractivity contribution in [3.05, 3.63) is 42.2 Å². The molecule has 0 aromatic heterocycles. The number of carbonyl (C=O) groups is 1. The molecule has 0 unspecified atom stereocenters. The van der Waals surface area contributed by atoms with Crippen molar-refractivity contribution >= 4 is 17.6 Å². The summed E-state index contributed by atoms with van der Waals surface area (Å²) in [5.41, 5.74) is 0.0644. The minimum absolute atomic E-state index is 0.0282. The van der Waals surface area contributed by atoms with E-state index in [2.05, 4.69) is 14.5 Å². The van der Waals surface area contributed by atoms with Crippen LogP contribution < -0.4 is 0 Å². The van der Waals surface area contributed by atoms with Crippen molar-refractivity contribution in [2.45, 2.75) is 26.4 Å². The van der Waals surface area contributed by atoms with E-state index < -0.39 is 23.8 Å². The highest BCUT2D eigenvalue weighted by atomic mass is 19.4. The van der Waals surface area contributed by atoms with Crippen molar-refractivity contribution < 1.29 is 27.4 Å². The number of para-hydroxylation sites is 1. The first-order valence-electron chi connectivity index (χ1n) is 6.64. The van der Waals surface area contributed by atoms with Crippen LogP contribution in [0.1, 0.15) is 20.3 Å². The van der Waals surface area contributed by atoms with Crippen molar-refractivity contribution in [3.8, 4) is 0 Å². The maximum atomic E-state index is 13.0. The lowest BCUT2D eigenvalue weighted by Crippen LogP contribution is -2.27. The van der Waals surface area contributed by atoms with E-state index in [0.29, 0.717) is 6.42 Å². The van der Waals surface area contributed by atoms with Crippen LogP contribution in [0, 0.1) is 0 Å². The summed E-state index contributed by atoms with van der Waals surface area (Å²) < 4.78 is 48.4. The Balaban J connectivity index is 3.10. The molecule has 0 atom stereocenters. The highest BCUT2D eigenvalue weighted by Gasteiger charge is 2.40. The van der Waals surface area contributed by atoms with E-state index in [4.69, 9.17) is 0 Å². The summed E-state index contributed by atoms with van der Waals surface area (Å²) in [6.07, 6.45) is -3.32. The summed E-state index contributed by atoms with van der Waals surface area (Å²) in [5.74, 6) is -3.02. The minimum Gasteiger partial charge on any atom is -0.460 e. The van der Waals surface area contributed by atoms with E-state index in [0.717, 1.165) is 0 Å². The van der Waals surface area contributed by atoms with Gasteiger partial charge >= 0.3 is 18.0 Å². The molecule has 120 valence electrons. The van der Waals surface area contributed by atoms with Crippen molar-refractivity contribution in [2.75, 3.05) is 6.61 Å². The van der Waals surface area contributed by atoms with Gasteiger partial charge in [-0.05, 0) is 31.6 Å².